The summed E-state index contributed by atoms with van der Waals surface area (Å²) < 4.78 is 45.9. The summed E-state index contributed by atoms with van der Waals surface area (Å²) in [6, 6.07) is 13.0. The van der Waals surface area contributed by atoms with Gasteiger partial charge in [0.1, 0.15) is 88.9 Å². The number of rotatable bonds is 11. The molecule has 4 heterocycles. The molecule has 63 heavy (non-hydrogen) atoms. The van der Waals surface area contributed by atoms with Crippen LogP contribution in [0.4, 0.5) is 0 Å². The van der Waals surface area contributed by atoms with Crippen molar-refractivity contribution in [3.8, 4) is 40.1 Å². The van der Waals surface area contributed by atoms with E-state index in [9.17, 15) is 65.8 Å². The Kier molecular flexibility index (Phi) is 13.6. The number of aliphatic hydroxyl groups excluding tert-OH is 8. The van der Waals surface area contributed by atoms with E-state index in [0.29, 0.717) is 5.56 Å². The highest BCUT2D eigenvalue weighted by molar-refractivity contribution is 5.88. The standard InChI is InChI=1S/C42H46O21/c1-16-28(47)31(50)34(53)40(57-16)56-15-25-38(62-26(46)12-5-18-3-8-20(43)9-4-18)33(52)36(55)42(61-25)63-39-30(49)27-23(45)13-22(59-41-35(54)32(51)29(48)17(2)58-41)14-24(27)60-37(39)19-6-10-21(44)11-7-19/h3-14,16-17,25,28-29,31-36,38,40-45,47-48,50-55H,15H2,1-2H3/b12-5+/t16-,17+,25-,28-,29-,31-,32-,33-,34+,35-,36+,38-,40+,41-,42-/m0/s1. The van der Waals surface area contributed by atoms with Crippen LogP contribution in [0.5, 0.6) is 28.7 Å². The van der Waals surface area contributed by atoms with Crippen LogP contribution in [0.15, 0.2) is 76.0 Å². The molecule has 3 aromatic carbocycles. The molecule has 4 aromatic rings. The van der Waals surface area contributed by atoms with Crippen LogP contribution in [0.1, 0.15) is 19.4 Å². The molecule has 15 atom stereocenters. The third-order valence-electron chi connectivity index (χ3n) is 10.8. The van der Waals surface area contributed by atoms with E-state index in [4.69, 9.17) is 37.6 Å². The monoisotopic (exact) mass is 886 g/mol. The predicted octanol–water partition coefficient (Wildman–Crippen LogP) is -0.922. The van der Waals surface area contributed by atoms with E-state index in [1.54, 1.807) is 0 Å². The van der Waals surface area contributed by atoms with Crippen molar-refractivity contribution in [3.05, 3.63) is 82.5 Å². The first-order chi connectivity index (χ1) is 29.9. The minimum atomic E-state index is -2.10. The fraction of sp³-hybridized carbons (Fsp3) is 0.429. The number of phenolic OH excluding ortho intramolecular Hbond substituents is 3. The third-order valence-corrected chi connectivity index (χ3v) is 10.8. The maximum absolute atomic E-state index is 14.3. The number of esters is 1. The number of aromatic hydroxyl groups is 3. The molecule has 0 spiro atoms. The van der Waals surface area contributed by atoms with Crippen LogP contribution in [0.3, 0.4) is 0 Å². The van der Waals surface area contributed by atoms with Gasteiger partial charge in [0.25, 0.3) is 0 Å². The number of aliphatic hydroxyl groups is 8. The molecule has 0 saturated carbocycles. The molecule has 0 amide bonds. The number of benzene rings is 3. The third kappa shape index (κ3) is 9.60. The zero-order valence-electron chi connectivity index (χ0n) is 33.3. The van der Waals surface area contributed by atoms with E-state index in [0.717, 1.165) is 18.2 Å². The van der Waals surface area contributed by atoms with Crippen LogP contribution in [-0.2, 0) is 28.5 Å². The number of fused-ring (bicyclic) bond motifs is 1. The second-order valence-electron chi connectivity index (χ2n) is 15.2. The van der Waals surface area contributed by atoms with Gasteiger partial charge in [-0.25, -0.2) is 4.79 Å². The predicted molar refractivity (Wildman–Crippen MR) is 211 cm³/mol. The lowest BCUT2D eigenvalue weighted by molar-refractivity contribution is -0.319. The number of carbonyl (C=O) groups is 1. The van der Waals surface area contributed by atoms with Crippen molar-refractivity contribution in [3.63, 3.8) is 0 Å². The van der Waals surface area contributed by atoms with Gasteiger partial charge in [0.15, 0.2) is 18.2 Å². The van der Waals surface area contributed by atoms with Gasteiger partial charge < -0.3 is 93.7 Å². The molecule has 21 heteroatoms. The zero-order valence-corrected chi connectivity index (χ0v) is 33.3. The topological polar surface area (TPSA) is 334 Å². The first-order valence-corrected chi connectivity index (χ1v) is 19.6. The van der Waals surface area contributed by atoms with Crippen LogP contribution >= 0.6 is 0 Å². The molecule has 11 N–H and O–H groups in total. The second kappa shape index (κ2) is 18.8. The Labute approximate surface area is 356 Å². The largest absolute Gasteiger partial charge is 0.508 e. The maximum atomic E-state index is 14.3. The SMILES string of the molecule is C[C@@H]1O[C@@H](OC[C@@H]2O[C@@H](Oc3c(-c4ccc(O)cc4)oc4cc(O[C@@H]5O[C@H](C)[C@H](O)[C@H](O)[C@@H]5O)cc(O)c4c3=O)[C@H](O)[C@H](O)[C@H]2OC(=O)/C=C/c2ccc(O)cc2)[C@H](O)[C@@H](O)[C@H]1O. The smallest absolute Gasteiger partial charge is 0.331 e. The van der Waals surface area contributed by atoms with Crippen LogP contribution in [0, 0.1) is 0 Å². The Hall–Kier alpha value is -5.40. The molecule has 0 bridgehead atoms. The van der Waals surface area contributed by atoms with Gasteiger partial charge in [0.2, 0.25) is 23.8 Å². The van der Waals surface area contributed by atoms with E-state index < -0.39 is 127 Å². The Morgan fingerprint density at radius 2 is 1.22 bits per heavy atom. The van der Waals surface area contributed by atoms with Gasteiger partial charge in [-0.05, 0) is 61.9 Å². The average Bonchev–Trinajstić information content (AvgIpc) is 3.25. The van der Waals surface area contributed by atoms with Crippen molar-refractivity contribution >= 4 is 23.0 Å². The Morgan fingerprint density at radius 1 is 0.667 bits per heavy atom. The van der Waals surface area contributed by atoms with Crippen molar-refractivity contribution < 1.29 is 98.5 Å². The molecule has 1 aromatic heterocycles. The van der Waals surface area contributed by atoms with Crippen LogP contribution in [0.25, 0.3) is 28.4 Å². The summed E-state index contributed by atoms with van der Waals surface area (Å²) in [5.74, 6) is -3.26. The quantitative estimate of drug-likeness (QED) is 0.0641. The summed E-state index contributed by atoms with van der Waals surface area (Å²) in [7, 11) is 0. The molecule has 21 nitrogen and oxygen atoms in total. The number of phenols is 3. The second-order valence-corrected chi connectivity index (χ2v) is 15.2. The van der Waals surface area contributed by atoms with Crippen molar-refractivity contribution in [1.82, 2.24) is 0 Å². The first kappa shape index (κ1) is 45.6. The summed E-state index contributed by atoms with van der Waals surface area (Å²) in [5.41, 5.74) is -0.796. The van der Waals surface area contributed by atoms with Gasteiger partial charge in [0, 0.05) is 23.8 Å². The van der Waals surface area contributed by atoms with Crippen molar-refractivity contribution in [1.29, 1.82) is 0 Å². The van der Waals surface area contributed by atoms with Gasteiger partial charge in [0.05, 0.1) is 18.8 Å². The highest BCUT2D eigenvalue weighted by atomic mass is 16.7. The van der Waals surface area contributed by atoms with Crippen LogP contribution in [-0.4, -0.2) is 161 Å². The summed E-state index contributed by atoms with van der Waals surface area (Å²) >= 11 is 0. The maximum Gasteiger partial charge on any atom is 0.331 e. The highest BCUT2D eigenvalue weighted by Crippen LogP contribution is 2.39. The van der Waals surface area contributed by atoms with Crippen LogP contribution in [0.2, 0.25) is 0 Å². The molecular formula is C42H46O21. The molecule has 0 radical (unpaired) electrons. The summed E-state index contributed by atoms with van der Waals surface area (Å²) in [6.45, 7) is 2.13. The Balaban J connectivity index is 1.21. The van der Waals surface area contributed by atoms with E-state index in [1.165, 1.54) is 68.5 Å². The summed E-state index contributed by atoms with van der Waals surface area (Å²) in [5, 5.41) is 115. The van der Waals surface area contributed by atoms with Gasteiger partial charge in [-0.3, -0.25) is 4.79 Å². The fourth-order valence-corrected chi connectivity index (χ4v) is 7.14. The van der Waals surface area contributed by atoms with Crippen molar-refractivity contribution in [2.24, 2.45) is 0 Å². The molecular weight excluding hydrogens is 840 g/mol. The van der Waals surface area contributed by atoms with Gasteiger partial charge in [-0.15, -0.1) is 0 Å². The molecule has 3 aliphatic heterocycles. The minimum Gasteiger partial charge on any atom is -0.508 e. The highest BCUT2D eigenvalue weighted by Gasteiger charge is 2.50. The zero-order chi connectivity index (χ0) is 45.4. The lowest BCUT2D eigenvalue weighted by Gasteiger charge is -2.43. The van der Waals surface area contributed by atoms with Gasteiger partial charge in [-0.1, -0.05) is 12.1 Å². The molecule has 3 fully saturated rings. The fourth-order valence-electron chi connectivity index (χ4n) is 7.14. The number of hydrogen-bond donors (Lipinski definition) is 11. The van der Waals surface area contributed by atoms with E-state index in [2.05, 4.69) is 0 Å². The molecule has 0 aliphatic carbocycles. The van der Waals surface area contributed by atoms with Crippen molar-refractivity contribution in [2.45, 2.75) is 106 Å². The molecule has 7 rings (SSSR count). The lowest BCUT2D eigenvalue weighted by atomic mass is 9.98. The summed E-state index contributed by atoms with van der Waals surface area (Å²) in [4.78, 5) is 27.4. The van der Waals surface area contributed by atoms with E-state index >= 15 is 0 Å². The Morgan fingerprint density at radius 3 is 1.86 bits per heavy atom. The lowest BCUT2D eigenvalue weighted by Crippen LogP contribution is -2.62. The molecule has 3 saturated heterocycles. The average molecular weight is 887 g/mol. The number of ether oxygens (including phenoxy) is 7. The van der Waals surface area contributed by atoms with E-state index in [-0.39, 0.29) is 34.2 Å². The van der Waals surface area contributed by atoms with E-state index in [1.807, 2.05) is 0 Å². The van der Waals surface area contributed by atoms with Crippen molar-refractivity contribution in [2.75, 3.05) is 6.61 Å². The van der Waals surface area contributed by atoms with Gasteiger partial charge in [-0.2, -0.15) is 0 Å². The molecule has 3 aliphatic rings. The first-order valence-electron chi connectivity index (χ1n) is 19.6. The number of carbonyl (C=O) groups excluding carboxylic acids is 1. The van der Waals surface area contributed by atoms with Crippen LogP contribution < -0.4 is 14.9 Å². The Bertz CT molecular complexity index is 2320. The summed E-state index contributed by atoms with van der Waals surface area (Å²) in [6.07, 6.45) is -22.0. The minimum absolute atomic E-state index is 0.0202. The molecule has 0 unspecified atom stereocenters. The molecule has 340 valence electrons. The number of hydrogen-bond acceptors (Lipinski definition) is 21. The normalized spacial score (nSPS) is 33.6. The van der Waals surface area contributed by atoms with Gasteiger partial charge >= 0.3 is 5.97 Å².